The number of nitrogens with one attached hydrogen (secondary N) is 1. The number of aromatic nitrogens is 5. The van der Waals surface area contributed by atoms with Gasteiger partial charge in [-0.05, 0) is 32.0 Å². The zero-order valence-corrected chi connectivity index (χ0v) is 17.0. The number of carbonyl (C=O) groups is 1. The van der Waals surface area contributed by atoms with Crippen molar-refractivity contribution in [1.29, 1.82) is 0 Å². The van der Waals surface area contributed by atoms with Gasteiger partial charge in [0.25, 0.3) is 5.91 Å². The number of carbonyl (C=O) groups excluding carboxylic acids is 1. The highest BCUT2D eigenvalue weighted by Crippen LogP contribution is 2.24. The lowest BCUT2D eigenvalue weighted by Crippen LogP contribution is -2.14. The molecular weight excluding hydrogens is 418 g/mol. The van der Waals surface area contributed by atoms with Gasteiger partial charge in [-0.3, -0.25) is 9.48 Å². The first kappa shape index (κ1) is 19.4. The van der Waals surface area contributed by atoms with Gasteiger partial charge in [-0.2, -0.15) is 10.2 Å². The first-order valence-electron chi connectivity index (χ1n) is 8.62. The van der Waals surface area contributed by atoms with Crippen molar-refractivity contribution < 1.29 is 9.18 Å². The maximum absolute atomic E-state index is 14.0. The van der Waals surface area contributed by atoms with E-state index in [9.17, 15) is 9.18 Å². The standard InChI is InChI=1S/C19H15Cl2FN6O/c1-10-6-11(2)28-18(24-10)12(7-23-28)19(29)25-17-15(21)9-27(26-17)8-13-14(20)4-3-5-16(13)22/h3-7,9H,8H2,1-2H3,(H,25,26,29). The van der Waals surface area contributed by atoms with E-state index in [2.05, 4.69) is 20.5 Å². The minimum Gasteiger partial charge on any atom is -0.304 e. The SMILES string of the molecule is Cc1cc(C)n2ncc(C(=O)Nc3nn(Cc4c(F)cccc4Cl)cc3Cl)c2n1. The van der Waals surface area contributed by atoms with Gasteiger partial charge in [-0.15, -0.1) is 0 Å². The molecule has 4 aromatic rings. The number of benzene rings is 1. The minimum absolute atomic E-state index is 0.0672. The van der Waals surface area contributed by atoms with Crippen LogP contribution in [0.2, 0.25) is 10.0 Å². The van der Waals surface area contributed by atoms with Gasteiger partial charge in [0, 0.05) is 28.2 Å². The number of halogens is 3. The maximum atomic E-state index is 14.0. The summed E-state index contributed by atoms with van der Waals surface area (Å²) in [6, 6.07) is 6.30. The summed E-state index contributed by atoms with van der Waals surface area (Å²) in [6.07, 6.45) is 2.93. The quantitative estimate of drug-likeness (QED) is 0.521. The Kier molecular flexibility index (Phi) is 4.97. The summed E-state index contributed by atoms with van der Waals surface area (Å²) in [5, 5.41) is 11.6. The zero-order chi connectivity index (χ0) is 20.7. The van der Waals surface area contributed by atoms with Crippen LogP contribution >= 0.6 is 23.2 Å². The fourth-order valence-electron chi connectivity index (χ4n) is 3.01. The molecule has 148 valence electrons. The molecule has 0 radical (unpaired) electrons. The van der Waals surface area contributed by atoms with Crippen LogP contribution in [0.3, 0.4) is 0 Å². The van der Waals surface area contributed by atoms with E-state index in [1.54, 1.807) is 10.6 Å². The summed E-state index contributed by atoms with van der Waals surface area (Å²) in [7, 11) is 0. The molecule has 3 aromatic heterocycles. The lowest BCUT2D eigenvalue weighted by atomic mass is 10.2. The average molecular weight is 433 g/mol. The van der Waals surface area contributed by atoms with E-state index in [-0.39, 0.29) is 28.0 Å². The Hall–Kier alpha value is -2.97. The second kappa shape index (κ2) is 7.46. The Bertz CT molecular complexity index is 1230. The average Bonchev–Trinajstić information content (AvgIpc) is 3.22. The van der Waals surface area contributed by atoms with Crippen molar-refractivity contribution in [3.63, 3.8) is 0 Å². The monoisotopic (exact) mass is 432 g/mol. The van der Waals surface area contributed by atoms with Crippen molar-refractivity contribution in [1.82, 2.24) is 24.4 Å². The number of rotatable bonds is 4. The fraction of sp³-hybridized carbons (Fsp3) is 0.158. The van der Waals surface area contributed by atoms with Gasteiger partial charge in [-0.1, -0.05) is 29.3 Å². The van der Waals surface area contributed by atoms with Crippen molar-refractivity contribution >= 4 is 40.6 Å². The van der Waals surface area contributed by atoms with Gasteiger partial charge in [0.1, 0.15) is 16.4 Å². The minimum atomic E-state index is -0.450. The molecule has 0 saturated heterocycles. The van der Waals surface area contributed by atoms with Crippen molar-refractivity contribution in [3.05, 3.63) is 75.0 Å². The van der Waals surface area contributed by atoms with Crippen molar-refractivity contribution in [2.75, 3.05) is 5.32 Å². The highest BCUT2D eigenvalue weighted by Gasteiger charge is 2.19. The highest BCUT2D eigenvalue weighted by molar-refractivity contribution is 6.33. The molecule has 3 heterocycles. The van der Waals surface area contributed by atoms with E-state index in [4.69, 9.17) is 23.2 Å². The van der Waals surface area contributed by atoms with E-state index in [1.807, 2.05) is 19.9 Å². The van der Waals surface area contributed by atoms with Gasteiger partial charge >= 0.3 is 0 Å². The first-order chi connectivity index (χ1) is 13.8. The molecule has 0 saturated carbocycles. The molecule has 29 heavy (non-hydrogen) atoms. The molecular formula is C19H15Cl2FN6O. The molecule has 0 bridgehead atoms. The molecule has 1 N–H and O–H groups in total. The molecule has 0 unspecified atom stereocenters. The number of nitrogens with zero attached hydrogens (tertiary/aromatic N) is 5. The topological polar surface area (TPSA) is 77.1 Å². The van der Waals surface area contributed by atoms with E-state index in [1.165, 1.54) is 29.2 Å². The van der Waals surface area contributed by atoms with E-state index < -0.39 is 11.7 Å². The Balaban J connectivity index is 1.60. The Morgan fingerprint density at radius 2 is 2.03 bits per heavy atom. The summed E-state index contributed by atoms with van der Waals surface area (Å²) >= 11 is 12.3. The molecule has 1 amide bonds. The Labute approximate surface area is 175 Å². The highest BCUT2D eigenvalue weighted by atomic mass is 35.5. The third kappa shape index (κ3) is 3.68. The van der Waals surface area contributed by atoms with Crippen LogP contribution in [0.25, 0.3) is 5.65 Å². The largest absolute Gasteiger partial charge is 0.304 e. The maximum Gasteiger partial charge on any atom is 0.262 e. The summed E-state index contributed by atoms with van der Waals surface area (Å²) in [6.45, 7) is 3.79. The number of hydrogen-bond donors (Lipinski definition) is 1. The van der Waals surface area contributed by atoms with Crippen LogP contribution in [0, 0.1) is 19.7 Å². The molecule has 0 fully saturated rings. The van der Waals surface area contributed by atoms with Crippen LogP contribution in [0.5, 0.6) is 0 Å². The molecule has 7 nitrogen and oxygen atoms in total. The Morgan fingerprint density at radius 1 is 1.24 bits per heavy atom. The normalized spacial score (nSPS) is 11.2. The number of fused-ring (bicyclic) bond motifs is 1. The number of amides is 1. The number of anilines is 1. The zero-order valence-electron chi connectivity index (χ0n) is 15.4. The summed E-state index contributed by atoms with van der Waals surface area (Å²) in [4.78, 5) is 17.1. The lowest BCUT2D eigenvalue weighted by molar-refractivity contribution is 0.102. The molecule has 10 heteroatoms. The second-order valence-electron chi connectivity index (χ2n) is 6.51. The van der Waals surface area contributed by atoms with Gasteiger partial charge in [0.05, 0.1) is 12.7 Å². The smallest absolute Gasteiger partial charge is 0.262 e. The van der Waals surface area contributed by atoms with Crippen LogP contribution in [0.15, 0.2) is 36.7 Å². The van der Waals surface area contributed by atoms with Crippen molar-refractivity contribution in [3.8, 4) is 0 Å². The Morgan fingerprint density at radius 3 is 2.79 bits per heavy atom. The van der Waals surface area contributed by atoms with Crippen LogP contribution in [0.4, 0.5) is 10.2 Å². The molecule has 0 aliphatic heterocycles. The van der Waals surface area contributed by atoms with E-state index in [0.717, 1.165) is 11.4 Å². The van der Waals surface area contributed by atoms with Gasteiger partial charge in [-0.25, -0.2) is 13.9 Å². The molecule has 1 aromatic carbocycles. The fourth-order valence-corrected chi connectivity index (χ4v) is 3.43. The van der Waals surface area contributed by atoms with Crippen molar-refractivity contribution in [2.24, 2.45) is 0 Å². The molecule has 0 aliphatic carbocycles. The summed E-state index contributed by atoms with van der Waals surface area (Å²) < 4.78 is 17.0. The summed E-state index contributed by atoms with van der Waals surface area (Å²) in [5.74, 6) is -0.751. The van der Waals surface area contributed by atoms with Crippen molar-refractivity contribution in [2.45, 2.75) is 20.4 Å². The summed E-state index contributed by atoms with van der Waals surface area (Å²) in [5.41, 5.74) is 2.64. The molecule has 0 atom stereocenters. The number of aryl methyl sites for hydroxylation is 2. The van der Waals surface area contributed by atoms with E-state index >= 15 is 0 Å². The van der Waals surface area contributed by atoms with Gasteiger partial charge in [0.15, 0.2) is 11.5 Å². The molecule has 4 rings (SSSR count). The van der Waals surface area contributed by atoms with Crippen LogP contribution in [-0.4, -0.2) is 30.3 Å². The lowest BCUT2D eigenvalue weighted by Gasteiger charge is -2.06. The van der Waals surface area contributed by atoms with Gasteiger partial charge in [0.2, 0.25) is 0 Å². The molecule has 0 spiro atoms. The second-order valence-corrected chi connectivity index (χ2v) is 7.32. The number of hydrogen-bond acceptors (Lipinski definition) is 4. The van der Waals surface area contributed by atoms with Crippen LogP contribution in [-0.2, 0) is 6.54 Å². The predicted octanol–water partition coefficient (Wildman–Crippen LogP) is 4.29. The van der Waals surface area contributed by atoms with E-state index in [0.29, 0.717) is 11.2 Å². The third-order valence-corrected chi connectivity index (χ3v) is 4.98. The first-order valence-corrected chi connectivity index (χ1v) is 9.38. The third-order valence-electron chi connectivity index (χ3n) is 4.35. The predicted molar refractivity (Wildman–Crippen MR) is 108 cm³/mol. The van der Waals surface area contributed by atoms with Gasteiger partial charge < -0.3 is 5.32 Å². The van der Waals surface area contributed by atoms with Crippen LogP contribution in [0.1, 0.15) is 27.3 Å². The molecule has 0 aliphatic rings. The van der Waals surface area contributed by atoms with Crippen LogP contribution < -0.4 is 5.32 Å².